The summed E-state index contributed by atoms with van der Waals surface area (Å²) in [7, 11) is 1.12. The first-order valence-corrected chi connectivity index (χ1v) is 18.2. The van der Waals surface area contributed by atoms with Crippen LogP contribution in [0.15, 0.2) is 89.8 Å². The number of hydrogen-bond donors (Lipinski definition) is 1. The van der Waals surface area contributed by atoms with Crippen molar-refractivity contribution in [3.63, 3.8) is 0 Å². The number of ether oxygens (including phenoxy) is 4. The number of nitrogens with one attached hydrogen (secondary N) is 1. The zero-order valence-electron chi connectivity index (χ0n) is 29.0. The topological polar surface area (TPSA) is 124 Å². The van der Waals surface area contributed by atoms with Crippen molar-refractivity contribution in [2.75, 3.05) is 45.8 Å². The van der Waals surface area contributed by atoms with Gasteiger partial charge in [0.25, 0.3) is 10.0 Å². The lowest BCUT2D eigenvalue weighted by Gasteiger charge is -2.34. The SMILES string of the molecule is CCCNC(=O)[C@H](Cc1ccccc1)N(Cc1ccc(Cl)c(Cl)c1)C(=O)CN(c1cc(OC)ccc1OC)S(=O)(=O)c1ccc(OC)c(OC)c1. The van der Waals surface area contributed by atoms with Gasteiger partial charge in [0.1, 0.15) is 24.1 Å². The minimum absolute atomic E-state index is 0.0320. The molecule has 11 nitrogen and oxygen atoms in total. The van der Waals surface area contributed by atoms with Crippen molar-refractivity contribution in [3.05, 3.63) is 106 Å². The van der Waals surface area contributed by atoms with Gasteiger partial charge in [0.15, 0.2) is 11.5 Å². The molecule has 0 aromatic heterocycles. The molecule has 0 aliphatic carbocycles. The van der Waals surface area contributed by atoms with Crippen LogP contribution < -0.4 is 28.6 Å². The smallest absolute Gasteiger partial charge is 0.265 e. The first-order chi connectivity index (χ1) is 24.5. The molecule has 14 heteroatoms. The Labute approximate surface area is 309 Å². The van der Waals surface area contributed by atoms with Crippen LogP contribution in [-0.2, 0) is 32.6 Å². The summed E-state index contributed by atoms with van der Waals surface area (Å²) in [5, 5.41) is 3.49. The lowest BCUT2D eigenvalue weighted by atomic mass is 10.0. The highest BCUT2D eigenvalue weighted by molar-refractivity contribution is 7.92. The van der Waals surface area contributed by atoms with Gasteiger partial charge in [0.05, 0.1) is 49.1 Å². The number of amides is 2. The van der Waals surface area contributed by atoms with Crippen molar-refractivity contribution < 1.29 is 37.0 Å². The van der Waals surface area contributed by atoms with Crippen molar-refractivity contribution in [3.8, 4) is 23.0 Å². The van der Waals surface area contributed by atoms with E-state index < -0.39 is 34.4 Å². The van der Waals surface area contributed by atoms with Crippen LogP contribution in [0.4, 0.5) is 5.69 Å². The second kappa shape index (κ2) is 18.0. The molecule has 0 saturated heterocycles. The minimum Gasteiger partial charge on any atom is -0.497 e. The van der Waals surface area contributed by atoms with E-state index in [2.05, 4.69) is 5.32 Å². The maximum absolute atomic E-state index is 14.8. The fraction of sp³-hybridized carbons (Fsp3) is 0.297. The molecule has 1 N–H and O–H groups in total. The number of nitrogens with zero attached hydrogens (tertiary/aromatic N) is 2. The Morgan fingerprint density at radius 3 is 2.08 bits per heavy atom. The molecular weight excluding hydrogens is 717 g/mol. The standard InChI is InChI=1S/C37H41Cl2N3O8S/c1-6-18-40-37(44)32(20-25-10-8-7-9-11-25)41(23-26-12-15-29(38)30(39)19-26)36(43)24-42(31-21-27(47-2)13-16-33(31)48-3)51(45,46)28-14-17-34(49-4)35(22-28)50-5/h7-17,19,21-22,32H,6,18,20,23-24H2,1-5H3,(H,40,44)/t32-/m0/s1. The summed E-state index contributed by atoms with van der Waals surface area (Å²) in [6, 6.07) is 21.8. The third-order valence-electron chi connectivity index (χ3n) is 8.03. The number of sulfonamides is 1. The van der Waals surface area contributed by atoms with Crippen LogP contribution >= 0.6 is 23.2 Å². The van der Waals surface area contributed by atoms with Gasteiger partial charge in [-0.2, -0.15) is 0 Å². The van der Waals surface area contributed by atoms with E-state index in [1.54, 1.807) is 30.3 Å². The molecule has 0 radical (unpaired) electrons. The molecule has 1 atom stereocenters. The highest BCUT2D eigenvalue weighted by atomic mass is 35.5. The summed E-state index contributed by atoms with van der Waals surface area (Å²) in [6.07, 6.45) is 0.811. The molecule has 0 spiro atoms. The van der Waals surface area contributed by atoms with Crippen LogP contribution in [0.3, 0.4) is 0 Å². The lowest BCUT2D eigenvalue weighted by Crippen LogP contribution is -2.53. The van der Waals surface area contributed by atoms with Crippen LogP contribution in [0.2, 0.25) is 10.0 Å². The van der Waals surface area contributed by atoms with Crippen molar-refractivity contribution in [1.29, 1.82) is 0 Å². The maximum Gasteiger partial charge on any atom is 0.265 e. The second-order valence-corrected chi connectivity index (χ2v) is 14.0. The molecule has 4 aromatic rings. The van der Waals surface area contributed by atoms with Crippen LogP contribution in [0.5, 0.6) is 23.0 Å². The summed E-state index contributed by atoms with van der Waals surface area (Å²) < 4.78 is 52.0. The van der Waals surface area contributed by atoms with Gasteiger partial charge in [-0.1, -0.05) is 66.5 Å². The van der Waals surface area contributed by atoms with Crippen molar-refractivity contribution >= 4 is 50.7 Å². The number of hydrogen-bond acceptors (Lipinski definition) is 8. The second-order valence-electron chi connectivity index (χ2n) is 11.3. The quantitative estimate of drug-likeness (QED) is 0.132. The fourth-order valence-corrected chi connectivity index (χ4v) is 7.12. The molecule has 0 aliphatic heterocycles. The van der Waals surface area contributed by atoms with E-state index in [1.165, 1.54) is 57.6 Å². The Morgan fingerprint density at radius 1 is 0.765 bits per heavy atom. The summed E-state index contributed by atoms with van der Waals surface area (Å²) in [6.45, 7) is 1.48. The predicted octanol–water partition coefficient (Wildman–Crippen LogP) is 6.39. The fourth-order valence-electron chi connectivity index (χ4n) is 5.36. The van der Waals surface area contributed by atoms with Crippen LogP contribution in [0, 0.1) is 0 Å². The predicted molar refractivity (Wildman–Crippen MR) is 198 cm³/mol. The van der Waals surface area contributed by atoms with Crippen LogP contribution in [0.1, 0.15) is 24.5 Å². The number of carbonyl (C=O) groups is 2. The Morgan fingerprint density at radius 2 is 1.45 bits per heavy atom. The highest BCUT2D eigenvalue weighted by Gasteiger charge is 2.36. The molecule has 51 heavy (non-hydrogen) atoms. The first-order valence-electron chi connectivity index (χ1n) is 16.0. The number of anilines is 1. The summed E-state index contributed by atoms with van der Waals surface area (Å²) >= 11 is 12.6. The van der Waals surface area contributed by atoms with E-state index in [9.17, 15) is 18.0 Å². The van der Waals surface area contributed by atoms with Crippen molar-refractivity contribution in [2.45, 2.75) is 37.2 Å². The molecule has 4 rings (SSSR count). The van der Waals surface area contributed by atoms with Gasteiger partial charge in [0, 0.05) is 31.6 Å². The van der Waals surface area contributed by atoms with Crippen molar-refractivity contribution in [2.24, 2.45) is 0 Å². The zero-order chi connectivity index (χ0) is 37.1. The normalized spacial score (nSPS) is 11.7. The van der Waals surface area contributed by atoms with Gasteiger partial charge >= 0.3 is 0 Å². The van der Waals surface area contributed by atoms with E-state index in [0.717, 1.165) is 9.87 Å². The molecule has 0 saturated carbocycles. The Balaban J connectivity index is 1.90. The number of methoxy groups -OCH3 is 4. The van der Waals surface area contributed by atoms with Gasteiger partial charge in [-0.25, -0.2) is 8.42 Å². The number of rotatable bonds is 17. The Bertz CT molecular complexity index is 1930. The maximum atomic E-state index is 14.8. The van der Waals surface area contributed by atoms with E-state index in [-0.39, 0.29) is 40.1 Å². The third-order valence-corrected chi connectivity index (χ3v) is 10.5. The first kappa shape index (κ1) is 39.1. The minimum atomic E-state index is -4.53. The molecule has 2 amide bonds. The average molecular weight is 759 g/mol. The van der Waals surface area contributed by atoms with Gasteiger partial charge < -0.3 is 29.2 Å². The molecule has 0 aliphatic rings. The van der Waals surface area contributed by atoms with E-state index in [4.69, 9.17) is 42.1 Å². The molecule has 0 heterocycles. The van der Waals surface area contributed by atoms with Crippen LogP contribution in [0.25, 0.3) is 0 Å². The molecule has 0 bridgehead atoms. The Kier molecular flexibility index (Phi) is 13.8. The highest BCUT2D eigenvalue weighted by Crippen LogP contribution is 2.38. The van der Waals surface area contributed by atoms with Gasteiger partial charge in [-0.15, -0.1) is 0 Å². The summed E-state index contributed by atoms with van der Waals surface area (Å²) in [5.41, 5.74) is 1.40. The summed E-state index contributed by atoms with van der Waals surface area (Å²) in [5.74, 6) is -0.124. The largest absolute Gasteiger partial charge is 0.497 e. The van der Waals surface area contributed by atoms with Gasteiger partial charge in [0.2, 0.25) is 11.8 Å². The molecule has 0 fully saturated rings. The van der Waals surface area contributed by atoms with Gasteiger partial charge in [-0.05, 0) is 53.9 Å². The molecular formula is C37H41Cl2N3O8S. The molecule has 0 unspecified atom stereocenters. The molecule has 4 aromatic carbocycles. The van der Waals surface area contributed by atoms with Gasteiger partial charge in [-0.3, -0.25) is 13.9 Å². The number of benzene rings is 4. The monoisotopic (exact) mass is 757 g/mol. The number of carbonyl (C=O) groups excluding carboxylic acids is 2. The van der Waals surface area contributed by atoms with E-state index >= 15 is 0 Å². The van der Waals surface area contributed by atoms with Crippen LogP contribution in [-0.4, -0.2) is 72.7 Å². The zero-order valence-corrected chi connectivity index (χ0v) is 31.3. The van der Waals surface area contributed by atoms with Crippen molar-refractivity contribution in [1.82, 2.24) is 10.2 Å². The lowest BCUT2D eigenvalue weighted by molar-refractivity contribution is -0.140. The van der Waals surface area contributed by atoms with E-state index in [1.807, 2.05) is 37.3 Å². The van der Waals surface area contributed by atoms with E-state index in [0.29, 0.717) is 35.1 Å². The average Bonchev–Trinajstić information content (AvgIpc) is 3.15. The third kappa shape index (κ3) is 9.57. The molecule has 272 valence electrons. The summed E-state index contributed by atoms with van der Waals surface area (Å²) in [4.78, 5) is 29.9. The Hall–Kier alpha value is -4.65. The number of halogens is 2.